The lowest BCUT2D eigenvalue weighted by atomic mass is 10.2. The summed E-state index contributed by atoms with van der Waals surface area (Å²) in [6.45, 7) is 9.25. The normalized spacial score (nSPS) is 13.5. The van der Waals surface area contributed by atoms with E-state index < -0.39 is 14.3 Å². The Labute approximate surface area is 169 Å². The Morgan fingerprint density at radius 2 is 1.54 bits per heavy atom. The zero-order chi connectivity index (χ0) is 20.6. The molecule has 2 aromatic carbocycles. The van der Waals surface area contributed by atoms with Crippen molar-refractivity contribution in [2.45, 2.75) is 45.2 Å². The molecule has 1 unspecified atom stereocenters. The summed E-state index contributed by atoms with van der Waals surface area (Å²) >= 11 is 0. The number of hydrogen-bond donors (Lipinski definition) is 0. The predicted octanol–water partition coefficient (Wildman–Crippen LogP) is 3.59. The van der Waals surface area contributed by atoms with Crippen LogP contribution in [0.4, 0.5) is 0 Å². The molecule has 0 aliphatic carbocycles. The molecule has 0 bridgehead atoms. The van der Waals surface area contributed by atoms with Crippen molar-refractivity contribution in [3.63, 3.8) is 0 Å². The minimum absolute atomic E-state index is 0.0833. The highest BCUT2D eigenvalue weighted by Crippen LogP contribution is 2.36. The average molecular weight is 398 g/mol. The fourth-order valence-electron chi connectivity index (χ4n) is 3.47. The Kier molecular flexibility index (Phi) is 7.72. The van der Waals surface area contributed by atoms with Gasteiger partial charge in [0.05, 0.1) is 19.8 Å². The molecule has 1 atom stereocenters. The van der Waals surface area contributed by atoms with E-state index in [4.69, 9.17) is 4.43 Å². The minimum atomic E-state index is -2.58. The third-order valence-corrected chi connectivity index (χ3v) is 9.98. The Bertz CT molecular complexity index is 730. The molecule has 0 aliphatic rings. The number of ether oxygens (including phenoxy) is 1. The van der Waals surface area contributed by atoms with Crippen LogP contribution in [0.2, 0.25) is 5.04 Å². The molecule has 150 valence electrons. The van der Waals surface area contributed by atoms with Gasteiger partial charge in [-0.25, -0.2) is 4.79 Å². The van der Waals surface area contributed by atoms with Gasteiger partial charge in [0.1, 0.15) is 6.21 Å². The summed E-state index contributed by atoms with van der Waals surface area (Å²) in [6, 6.07) is 20.9. The smallest absolute Gasteiger partial charge is 0.348 e. The summed E-state index contributed by atoms with van der Waals surface area (Å²) in [5.74, 6) is -0.441. The molecule has 0 radical (unpaired) electrons. The maximum absolute atomic E-state index is 11.4. The van der Waals surface area contributed by atoms with Gasteiger partial charge in [-0.1, -0.05) is 88.4 Å². The van der Waals surface area contributed by atoms with Gasteiger partial charge in [-0.2, -0.15) is 0 Å². The fraction of sp³-hybridized carbons (Fsp3) is 0.391. The summed E-state index contributed by atoms with van der Waals surface area (Å²) < 4.78 is 11.5. The maximum atomic E-state index is 11.4. The molecule has 0 saturated heterocycles. The highest BCUT2D eigenvalue weighted by molar-refractivity contribution is 6.99. The van der Waals surface area contributed by atoms with Crippen LogP contribution in [0, 0.1) is 0 Å². The van der Waals surface area contributed by atoms with E-state index in [0.717, 1.165) is 6.42 Å². The third-order valence-electron chi connectivity index (χ3n) is 4.97. The van der Waals surface area contributed by atoms with Crippen LogP contribution in [-0.2, 0) is 14.0 Å². The maximum Gasteiger partial charge on any atom is 0.348 e. The van der Waals surface area contributed by atoms with Gasteiger partial charge in [0.25, 0.3) is 8.32 Å². The number of carbonyl (C=O) groups excluding carboxylic acids is 1. The van der Waals surface area contributed by atoms with Crippen LogP contribution in [0.5, 0.6) is 0 Å². The van der Waals surface area contributed by atoms with E-state index in [9.17, 15) is 4.79 Å². The molecular formula is C23H31NO3Si. The van der Waals surface area contributed by atoms with Gasteiger partial charge in [-0.3, -0.25) is 4.99 Å². The van der Waals surface area contributed by atoms with Crippen LogP contribution in [0.3, 0.4) is 0 Å². The van der Waals surface area contributed by atoms with Crippen LogP contribution in [-0.4, -0.2) is 40.3 Å². The van der Waals surface area contributed by atoms with E-state index in [1.54, 1.807) is 0 Å². The first-order valence-corrected chi connectivity index (χ1v) is 11.6. The lowest BCUT2D eigenvalue weighted by Crippen LogP contribution is -2.67. The average Bonchev–Trinajstić information content (AvgIpc) is 2.71. The number of rotatable bonds is 8. The molecule has 0 saturated carbocycles. The van der Waals surface area contributed by atoms with Crippen molar-refractivity contribution in [2.24, 2.45) is 4.99 Å². The van der Waals surface area contributed by atoms with Gasteiger partial charge in [0.15, 0.2) is 0 Å². The highest BCUT2D eigenvalue weighted by atomic mass is 28.4. The molecule has 0 heterocycles. The van der Waals surface area contributed by atoms with Gasteiger partial charge < -0.3 is 9.16 Å². The van der Waals surface area contributed by atoms with E-state index in [1.807, 2.05) is 19.1 Å². The Hall–Kier alpha value is -2.24. The Morgan fingerprint density at radius 3 is 1.93 bits per heavy atom. The van der Waals surface area contributed by atoms with Crippen LogP contribution in [0.1, 0.15) is 34.1 Å². The molecule has 0 N–H and O–H groups in total. The molecule has 0 aromatic heterocycles. The van der Waals surface area contributed by atoms with Crippen molar-refractivity contribution in [1.29, 1.82) is 0 Å². The molecule has 0 aliphatic heterocycles. The molecule has 0 amide bonds. The monoisotopic (exact) mass is 397 g/mol. The second-order valence-electron chi connectivity index (χ2n) is 7.84. The van der Waals surface area contributed by atoms with Crippen molar-refractivity contribution in [3.8, 4) is 0 Å². The van der Waals surface area contributed by atoms with Gasteiger partial charge in [0.2, 0.25) is 0 Å². The first-order chi connectivity index (χ1) is 13.3. The number of methoxy groups -OCH3 is 1. The molecule has 2 aromatic rings. The SMILES string of the molecule is CCC(CO[Si](c1ccccc1)(c1ccccc1)C(C)(C)C)N=CC(=O)OC. The molecule has 5 heteroatoms. The fourth-order valence-corrected chi connectivity index (χ4v) is 8.07. The van der Waals surface area contributed by atoms with Crippen LogP contribution in [0.15, 0.2) is 65.7 Å². The van der Waals surface area contributed by atoms with Crippen molar-refractivity contribution in [3.05, 3.63) is 60.7 Å². The third kappa shape index (κ3) is 4.97. The van der Waals surface area contributed by atoms with Crippen LogP contribution < -0.4 is 10.4 Å². The second kappa shape index (κ2) is 9.80. The minimum Gasteiger partial charge on any atom is -0.465 e. The van der Waals surface area contributed by atoms with E-state index in [-0.39, 0.29) is 11.1 Å². The predicted molar refractivity (Wildman–Crippen MR) is 118 cm³/mol. The first-order valence-electron chi connectivity index (χ1n) is 9.71. The summed E-state index contributed by atoms with van der Waals surface area (Å²) in [5.41, 5.74) is 0. The molecule has 2 rings (SSSR count). The quantitative estimate of drug-likeness (QED) is 0.389. The Balaban J connectivity index is 2.47. The van der Waals surface area contributed by atoms with Crippen molar-refractivity contribution < 1.29 is 14.0 Å². The molecule has 4 nitrogen and oxygen atoms in total. The number of aliphatic imine (C=N–C) groups is 1. The number of carbonyl (C=O) groups is 1. The second-order valence-corrected chi connectivity index (χ2v) is 12.1. The van der Waals surface area contributed by atoms with Gasteiger partial charge >= 0.3 is 5.97 Å². The zero-order valence-electron chi connectivity index (χ0n) is 17.5. The first kappa shape index (κ1) is 22.1. The number of benzene rings is 2. The topological polar surface area (TPSA) is 47.9 Å². The van der Waals surface area contributed by atoms with Crippen LogP contribution >= 0.6 is 0 Å². The molecule has 28 heavy (non-hydrogen) atoms. The van der Waals surface area contributed by atoms with E-state index in [0.29, 0.717) is 6.61 Å². The zero-order valence-corrected chi connectivity index (χ0v) is 18.5. The van der Waals surface area contributed by atoms with Crippen molar-refractivity contribution >= 4 is 30.9 Å². The summed E-state index contributed by atoms with van der Waals surface area (Å²) in [6.07, 6.45) is 2.04. The van der Waals surface area contributed by atoms with E-state index in [2.05, 4.69) is 79.0 Å². The lowest BCUT2D eigenvalue weighted by molar-refractivity contribution is -0.132. The number of nitrogens with zero attached hydrogens (tertiary/aromatic N) is 1. The van der Waals surface area contributed by atoms with Crippen LogP contribution in [0.25, 0.3) is 0 Å². The standard InChI is InChI=1S/C23H31NO3Si/c1-6-19(24-17-22(25)26-5)18-27-28(23(2,3)4,20-13-9-7-10-14-20)21-15-11-8-12-16-21/h7-17,19H,6,18H2,1-5H3. The Morgan fingerprint density at radius 1 is 1.04 bits per heavy atom. The summed E-state index contributed by atoms with van der Waals surface area (Å²) in [4.78, 5) is 15.8. The molecule has 0 spiro atoms. The highest BCUT2D eigenvalue weighted by Gasteiger charge is 2.50. The number of esters is 1. The van der Waals surface area contributed by atoms with E-state index in [1.165, 1.54) is 23.7 Å². The van der Waals surface area contributed by atoms with Gasteiger partial charge in [-0.05, 0) is 21.8 Å². The summed E-state index contributed by atoms with van der Waals surface area (Å²) in [7, 11) is -1.23. The lowest BCUT2D eigenvalue weighted by Gasteiger charge is -2.43. The number of hydrogen-bond acceptors (Lipinski definition) is 4. The molecular weight excluding hydrogens is 366 g/mol. The van der Waals surface area contributed by atoms with Gasteiger partial charge in [0, 0.05) is 0 Å². The van der Waals surface area contributed by atoms with E-state index >= 15 is 0 Å². The molecule has 0 fully saturated rings. The van der Waals surface area contributed by atoms with Crippen molar-refractivity contribution in [1.82, 2.24) is 0 Å². The van der Waals surface area contributed by atoms with Gasteiger partial charge in [-0.15, -0.1) is 0 Å². The largest absolute Gasteiger partial charge is 0.465 e. The van der Waals surface area contributed by atoms with Crippen molar-refractivity contribution in [2.75, 3.05) is 13.7 Å². The summed E-state index contributed by atoms with van der Waals surface area (Å²) in [5, 5.41) is 2.39.